The fourth-order valence-corrected chi connectivity index (χ4v) is 3.15. The van der Waals surface area contributed by atoms with Crippen molar-refractivity contribution in [1.29, 1.82) is 0 Å². The molecule has 0 fully saturated rings. The molecule has 0 bridgehead atoms. The third-order valence-corrected chi connectivity index (χ3v) is 4.81. The molecule has 0 aliphatic heterocycles. The molecule has 7 heteroatoms. The van der Waals surface area contributed by atoms with Crippen LogP contribution in [-0.4, -0.2) is 16.4 Å². The average Bonchev–Trinajstić information content (AvgIpc) is 2.79. The molecule has 0 aliphatic rings. The molecule has 3 nitrogen and oxygen atoms in total. The van der Waals surface area contributed by atoms with E-state index in [0.29, 0.717) is 0 Å². The van der Waals surface area contributed by atoms with Crippen molar-refractivity contribution in [2.75, 3.05) is 0 Å². The van der Waals surface area contributed by atoms with Gasteiger partial charge in [-0.2, -0.15) is 0 Å². The van der Waals surface area contributed by atoms with Crippen molar-refractivity contribution < 1.29 is 12.3 Å². The maximum atomic E-state index is 4.95. The summed E-state index contributed by atoms with van der Waals surface area (Å²) in [4.78, 5) is 14.5. The summed E-state index contributed by atoms with van der Waals surface area (Å²) < 4.78 is 0. The molecule has 1 heterocycles. The summed E-state index contributed by atoms with van der Waals surface area (Å²) in [5, 5.41) is 0. The zero-order valence-electron chi connectivity index (χ0n) is 18.7. The van der Waals surface area contributed by atoms with Crippen LogP contribution >= 0.6 is 29.5 Å². The van der Waals surface area contributed by atoms with Crippen molar-refractivity contribution >= 4 is 52.3 Å². The van der Waals surface area contributed by atoms with Gasteiger partial charge in [-0.25, -0.2) is 4.98 Å². The van der Waals surface area contributed by atoms with Crippen molar-refractivity contribution in [2.24, 2.45) is 9.98 Å². The summed E-state index contributed by atoms with van der Waals surface area (Å²) in [6, 6.07) is 22.5. The van der Waals surface area contributed by atoms with Crippen LogP contribution in [0.15, 0.2) is 76.7 Å². The van der Waals surface area contributed by atoms with Crippen molar-refractivity contribution in [2.45, 2.75) is 40.5 Å². The van der Waals surface area contributed by atoms with E-state index in [1.165, 1.54) is 11.1 Å². The van der Waals surface area contributed by atoms with Crippen LogP contribution in [0.25, 0.3) is 0 Å². The molecule has 0 amide bonds. The number of para-hydroxylation sites is 2. The Labute approximate surface area is 208 Å². The van der Waals surface area contributed by atoms with E-state index < -0.39 is 12.3 Å². The Morgan fingerprint density at radius 2 is 1.06 bits per heavy atom. The second-order valence-electron chi connectivity index (χ2n) is 6.96. The van der Waals surface area contributed by atoms with Crippen LogP contribution in [0.3, 0.4) is 0 Å². The Kier molecular flexibility index (Phi) is 11.5. The molecule has 0 radical (unpaired) electrons. The maximum absolute atomic E-state index is 4.95. The summed E-state index contributed by atoms with van der Waals surface area (Å²) in [5.74, 6) is 0. The third-order valence-electron chi connectivity index (χ3n) is 4.81. The van der Waals surface area contributed by atoms with Gasteiger partial charge < -0.3 is 0 Å². The van der Waals surface area contributed by atoms with E-state index in [2.05, 4.69) is 50.2 Å². The Morgan fingerprint density at radius 3 is 1.44 bits per heavy atom. The molecule has 0 unspecified atom stereocenters. The van der Waals surface area contributed by atoms with Gasteiger partial charge in [-0.1, -0.05) is 56.3 Å². The van der Waals surface area contributed by atoms with E-state index in [-0.39, 0.29) is 0 Å². The van der Waals surface area contributed by atoms with Gasteiger partial charge in [0.15, 0.2) is 0 Å². The van der Waals surface area contributed by atoms with E-state index in [9.17, 15) is 0 Å². The molecule has 0 N–H and O–H groups in total. The topological polar surface area (TPSA) is 37.6 Å². The number of rotatable bonds is 6. The first-order valence-corrected chi connectivity index (χ1v) is 16.1. The van der Waals surface area contributed by atoms with Crippen molar-refractivity contribution in [1.82, 2.24) is 4.98 Å². The van der Waals surface area contributed by atoms with Crippen LogP contribution in [0.1, 0.15) is 50.2 Å². The second kappa shape index (κ2) is 13.8. The standard InChI is InChI=1S/C25H27N3.3ClH.V/c1-5-20-12-7-9-14-24(20)26-18(3)22-16-11-17-23(28-22)19(4)27-25-15-10-8-13-21(25)6-2;;;;/h7-17H,5-6H2,1-4H3;3*1H;/q;;;;+3/p-3. The number of halogens is 3. The number of hydrogen-bond donors (Lipinski definition) is 0. The molecule has 0 saturated carbocycles. The van der Waals surface area contributed by atoms with E-state index in [1.807, 2.05) is 44.2 Å². The van der Waals surface area contributed by atoms with E-state index >= 15 is 0 Å². The molecular weight excluding hydrogens is 500 g/mol. The summed E-state index contributed by atoms with van der Waals surface area (Å²) >= 11 is -1.77. The van der Waals surface area contributed by atoms with E-state index in [4.69, 9.17) is 44.5 Å². The number of pyridine rings is 1. The van der Waals surface area contributed by atoms with Crippen LogP contribution in [0.4, 0.5) is 11.4 Å². The summed E-state index contributed by atoms with van der Waals surface area (Å²) in [5.41, 5.74) is 8.07. The van der Waals surface area contributed by atoms with Gasteiger partial charge in [0, 0.05) is 0 Å². The number of benzene rings is 2. The zero-order valence-corrected chi connectivity index (χ0v) is 22.4. The second-order valence-corrected chi connectivity index (χ2v) is 13.9. The Morgan fingerprint density at radius 1 is 0.688 bits per heavy atom. The Bertz CT molecular complexity index is 1000. The van der Waals surface area contributed by atoms with Crippen molar-refractivity contribution in [3.63, 3.8) is 0 Å². The number of aromatic nitrogens is 1. The van der Waals surface area contributed by atoms with Crippen LogP contribution in [0.5, 0.6) is 0 Å². The molecule has 3 aromatic rings. The zero-order chi connectivity index (χ0) is 23.5. The summed E-state index contributed by atoms with van der Waals surface area (Å²) in [6.45, 7) is 8.32. The number of aliphatic imine (C=N–C) groups is 2. The van der Waals surface area contributed by atoms with Gasteiger partial charge in [-0.05, 0) is 62.1 Å². The summed E-state index contributed by atoms with van der Waals surface area (Å²) in [6.07, 6.45) is 1.92. The van der Waals surface area contributed by atoms with Crippen LogP contribution in [0, 0.1) is 0 Å². The molecule has 3 rings (SSSR count). The molecule has 32 heavy (non-hydrogen) atoms. The predicted octanol–water partition coefficient (Wildman–Crippen LogP) is 8.55. The van der Waals surface area contributed by atoms with Crippen LogP contribution in [0.2, 0.25) is 0 Å². The fraction of sp³-hybridized carbons (Fsp3) is 0.240. The molecule has 168 valence electrons. The van der Waals surface area contributed by atoms with Crippen molar-refractivity contribution in [3.8, 4) is 0 Å². The van der Waals surface area contributed by atoms with Gasteiger partial charge in [0.1, 0.15) is 0 Å². The van der Waals surface area contributed by atoms with Gasteiger partial charge in [-0.15, -0.1) is 0 Å². The normalized spacial score (nSPS) is 11.9. The SMILES string of the molecule is CCc1ccccc1N=C(C)c1cccc(C(C)=Nc2ccccc2CC)n1.[Cl][V]([Cl])[Cl]. The molecular formula is C25H27Cl3N3V. The molecule has 0 spiro atoms. The van der Waals surface area contributed by atoms with Gasteiger partial charge in [0.05, 0.1) is 34.2 Å². The molecule has 2 aromatic carbocycles. The first-order valence-electron chi connectivity index (χ1n) is 10.4. The molecule has 1 aromatic heterocycles. The molecule has 0 atom stereocenters. The van der Waals surface area contributed by atoms with Gasteiger partial charge in [0.25, 0.3) is 0 Å². The monoisotopic (exact) mass is 525 g/mol. The quantitative estimate of drug-likeness (QED) is 0.296. The summed E-state index contributed by atoms with van der Waals surface area (Å²) in [7, 11) is 14.9. The first kappa shape index (κ1) is 26.6. The fourth-order valence-electron chi connectivity index (χ4n) is 3.15. The Hall–Kier alpha value is -1.62. The van der Waals surface area contributed by atoms with E-state index in [1.54, 1.807) is 0 Å². The van der Waals surface area contributed by atoms with Gasteiger partial charge in [0.2, 0.25) is 0 Å². The first-order chi connectivity index (χ1) is 15.3. The molecule has 0 saturated heterocycles. The Balaban J connectivity index is 0.000000837. The number of aryl methyl sites for hydroxylation is 2. The molecule has 0 aliphatic carbocycles. The average molecular weight is 527 g/mol. The minimum atomic E-state index is -1.77. The predicted molar refractivity (Wildman–Crippen MR) is 137 cm³/mol. The van der Waals surface area contributed by atoms with Gasteiger partial charge >= 0.3 is 41.8 Å². The minimum absolute atomic E-state index is 0.877. The third kappa shape index (κ3) is 8.38. The van der Waals surface area contributed by atoms with Crippen molar-refractivity contribution in [3.05, 3.63) is 89.2 Å². The number of nitrogens with zero attached hydrogens (tertiary/aromatic N) is 3. The van der Waals surface area contributed by atoms with Crippen LogP contribution in [-0.2, 0) is 25.1 Å². The van der Waals surface area contributed by atoms with Crippen LogP contribution < -0.4 is 0 Å². The van der Waals surface area contributed by atoms with E-state index in [0.717, 1.165) is 47.0 Å². The number of hydrogen-bond acceptors (Lipinski definition) is 3. The van der Waals surface area contributed by atoms with Gasteiger partial charge in [-0.3, -0.25) is 9.98 Å².